The molecule has 1 atom stereocenters. The van der Waals surface area contributed by atoms with Crippen LogP contribution in [0.4, 0.5) is 0 Å². The molecule has 0 amide bonds. The molecule has 4 heteroatoms. The molecule has 2 aromatic rings. The van der Waals surface area contributed by atoms with E-state index in [2.05, 4.69) is 18.3 Å². The molecule has 1 fully saturated rings. The number of hydrogen-bond acceptors (Lipinski definition) is 3. The summed E-state index contributed by atoms with van der Waals surface area (Å²) in [4.78, 5) is 1.21. The van der Waals surface area contributed by atoms with Gasteiger partial charge in [-0.2, -0.15) is 0 Å². The highest BCUT2D eigenvalue weighted by Crippen LogP contribution is 2.45. The topological polar surface area (TPSA) is 25.2 Å². The SMILES string of the molecule is CC1(CNC(c2ccco2)c2ccc(Cl)s2)CC1. The van der Waals surface area contributed by atoms with Crippen LogP contribution >= 0.6 is 22.9 Å². The minimum atomic E-state index is 0.120. The Morgan fingerprint density at radius 3 is 2.83 bits per heavy atom. The van der Waals surface area contributed by atoms with Crippen LogP contribution in [0.2, 0.25) is 4.34 Å². The molecule has 1 unspecified atom stereocenters. The van der Waals surface area contributed by atoms with Crippen molar-refractivity contribution in [3.63, 3.8) is 0 Å². The Bertz CT molecular complexity index is 516. The lowest BCUT2D eigenvalue weighted by Gasteiger charge is -2.18. The van der Waals surface area contributed by atoms with Crippen molar-refractivity contribution in [1.29, 1.82) is 0 Å². The van der Waals surface area contributed by atoms with Gasteiger partial charge in [-0.3, -0.25) is 0 Å². The Balaban J connectivity index is 1.79. The van der Waals surface area contributed by atoms with E-state index in [0.29, 0.717) is 5.41 Å². The van der Waals surface area contributed by atoms with Crippen LogP contribution in [0.3, 0.4) is 0 Å². The molecule has 0 aliphatic heterocycles. The highest BCUT2D eigenvalue weighted by Gasteiger charge is 2.37. The molecule has 1 saturated carbocycles. The smallest absolute Gasteiger partial charge is 0.126 e. The van der Waals surface area contributed by atoms with Gasteiger partial charge in [0.15, 0.2) is 0 Å². The minimum absolute atomic E-state index is 0.120. The zero-order chi connectivity index (χ0) is 12.6. The predicted octanol–water partition coefficient (Wildman–Crippen LogP) is 4.47. The van der Waals surface area contributed by atoms with Gasteiger partial charge < -0.3 is 9.73 Å². The minimum Gasteiger partial charge on any atom is -0.467 e. The van der Waals surface area contributed by atoms with E-state index < -0.39 is 0 Å². The first kappa shape index (κ1) is 12.3. The van der Waals surface area contributed by atoms with Crippen LogP contribution in [0.1, 0.15) is 36.4 Å². The van der Waals surface area contributed by atoms with Crippen molar-refractivity contribution in [2.24, 2.45) is 5.41 Å². The van der Waals surface area contributed by atoms with Crippen LogP contribution in [-0.4, -0.2) is 6.54 Å². The Kier molecular flexibility index (Phi) is 3.22. The Labute approximate surface area is 116 Å². The van der Waals surface area contributed by atoms with E-state index in [1.807, 2.05) is 18.2 Å². The number of nitrogens with one attached hydrogen (secondary N) is 1. The van der Waals surface area contributed by atoms with E-state index in [1.54, 1.807) is 17.6 Å². The third-order valence-corrected chi connectivity index (χ3v) is 4.84. The van der Waals surface area contributed by atoms with Crippen LogP contribution in [0.25, 0.3) is 0 Å². The van der Waals surface area contributed by atoms with Gasteiger partial charge in [0, 0.05) is 11.4 Å². The van der Waals surface area contributed by atoms with Gasteiger partial charge in [-0.15, -0.1) is 11.3 Å². The largest absolute Gasteiger partial charge is 0.467 e. The lowest BCUT2D eigenvalue weighted by molar-refractivity contribution is 0.413. The lowest BCUT2D eigenvalue weighted by Crippen LogP contribution is -2.27. The van der Waals surface area contributed by atoms with Gasteiger partial charge in [0.05, 0.1) is 10.6 Å². The number of rotatable bonds is 5. The lowest BCUT2D eigenvalue weighted by atomic mass is 10.1. The molecule has 18 heavy (non-hydrogen) atoms. The normalized spacial score (nSPS) is 18.8. The van der Waals surface area contributed by atoms with E-state index >= 15 is 0 Å². The summed E-state index contributed by atoms with van der Waals surface area (Å²) in [5.74, 6) is 0.956. The molecule has 96 valence electrons. The van der Waals surface area contributed by atoms with Gasteiger partial charge >= 0.3 is 0 Å². The van der Waals surface area contributed by atoms with Gasteiger partial charge in [0.2, 0.25) is 0 Å². The Hall–Kier alpha value is -0.770. The van der Waals surface area contributed by atoms with Crippen LogP contribution in [-0.2, 0) is 0 Å². The fourth-order valence-electron chi connectivity index (χ4n) is 2.02. The summed E-state index contributed by atoms with van der Waals surface area (Å²) in [6.07, 6.45) is 4.35. The molecule has 2 nitrogen and oxygen atoms in total. The first-order chi connectivity index (χ1) is 8.66. The zero-order valence-electron chi connectivity index (χ0n) is 10.3. The number of thiophene rings is 1. The average Bonchev–Trinajstić information content (AvgIpc) is 2.80. The molecule has 2 heterocycles. The first-order valence-corrected chi connectivity index (χ1v) is 7.38. The number of furan rings is 1. The van der Waals surface area contributed by atoms with Crippen molar-refractivity contribution in [3.8, 4) is 0 Å². The van der Waals surface area contributed by atoms with E-state index in [-0.39, 0.29) is 6.04 Å². The molecule has 1 N–H and O–H groups in total. The molecule has 0 aromatic carbocycles. The summed E-state index contributed by atoms with van der Waals surface area (Å²) >= 11 is 7.64. The zero-order valence-corrected chi connectivity index (χ0v) is 11.9. The van der Waals surface area contributed by atoms with Crippen LogP contribution < -0.4 is 5.32 Å². The molecule has 0 radical (unpaired) electrons. The highest BCUT2D eigenvalue weighted by molar-refractivity contribution is 7.16. The maximum absolute atomic E-state index is 6.03. The van der Waals surface area contributed by atoms with Crippen molar-refractivity contribution in [2.75, 3.05) is 6.54 Å². The van der Waals surface area contributed by atoms with Gasteiger partial charge in [0.1, 0.15) is 11.8 Å². The van der Waals surface area contributed by atoms with Gasteiger partial charge in [0.25, 0.3) is 0 Å². The molecule has 0 saturated heterocycles. The van der Waals surface area contributed by atoms with E-state index in [4.69, 9.17) is 16.0 Å². The van der Waals surface area contributed by atoms with E-state index in [1.165, 1.54) is 17.7 Å². The number of hydrogen-bond donors (Lipinski definition) is 1. The van der Waals surface area contributed by atoms with Gasteiger partial charge in [-0.05, 0) is 42.5 Å². The van der Waals surface area contributed by atoms with Crippen molar-refractivity contribution < 1.29 is 4.42 Å². The van der Waals surface area contributed by atoms with E-state index in [0.717, 1.165) is 16.6 Å². The summed E-state index contributed by atoms with van der Waals surface area (Å²) in [5, 5.41) is 3.61. The Morgan fingerprint density at radius 2 is 2.28 bits per heavy atom. The monoisotopic (exact) mass is 281 g/mol. The third-order valence-electron chi connectivity index (χ3n) is 3.54. The summed E-state index contributed by atoms with van der Waals surface area (Å²) in [5.41, 5.74) is 0.478. The maximum Gasteiger partial charge on any atom is 0.126 e. The second kappa shape index (κ2) is 4.72. The van der Waals surface area contributed by atoms with Crippen LogP contribution in [0.5, 0.6) is 0 Å². The third kappa shape index (κ3) is 2.63. The van der Waals surface area contributed by atoms with Crippen LogP contribution in [0, 0.1) is 5.41 Å². The molecule has 1 aliphatic carbocycles. The Morgan fingerprint density at radius 1 is 1.44 bits per heavy atom. The molecular weight excluding hydrogens is 266 g/mol. The maximum atomic E-state index is 6.03. The molecule has 2 aromatic heterocycles. The molecule has 1 aliphatic rings. The molecule has 3 rings (SSSR count). The highest BCUT2D eigenvalue weighted by atomic mass is 35.5. The first-order valence-electron chi connectivity index (χ1n) is 6.18. The van der Waals surface area contributed by atoms with Crippen molar-refractivity contribution >= 4 is 22.9 Å². The fraction of sp³-hybridized carbons (Fsp3) is 0.429. The standard InChI is InChI=1S/C14H16ClNOS/c1-14(6-7-14)9-16-13(10-3-2-8-17-10)11-4-5-12(15)18-11/h2-5,8,13,16H,6-7,9H2,1H3. The van der Waals surface area contributed by atoms with Crippen molar-refractivity contribution in [1.82, 2.24) is 5.32 Å². The molecule has 0 bridgehead atoms. The molecular formula is C14H16ClNOS. The number of halogens is 1. The second-order valence-electron chi connectivity index (χ2n) is 5.28. The average molecular weight is 282 g/mol. The predicted molar refractivity (Wildman–Crippen MR) is 75.2 cm³/mol. The summed E-state index contributed by atoms with van der Waals surface area (Å²) < 4.78 is 6.37. The molecule has 0 spiro atoms. The fourth-order valence-corrected chi connectivity index (χ4v) is 3.16. The summed E-state index contributed by atoms with van der Waals surface area (Å²) in [6.45, 7) is 3.34. The second-order valence-corrected chi connectivity index (χ2v) is 7.03. The van der Waals surface area contributed by atoms with Crippen molar-refractivity contribution in [2.45, 2.75) is 25.8 Å². The van der Waals surface area contributed by atoms with Crippen LogP contribution in [0.15, 0.2) is 34.9 Å². The van der Waals surface area contributed by atoms with Gasteiger partial charge in [-0.1, -0.05) is 18.5 Å². The quantitative estimate of drug-likeness (QED) is 0.874. The van der Waals surface area contributed by atoms with Crippen molar-refractivity contribution in [3.05, 3.63) is 45.5 Å². The van der Waals surface area contributed by atoms with E-state index in [9.17, 15) is 0 Å². The summed E-state index contributed by atoms with van der Waals surface area (Å²) in [7, 11) is 0. The summed E-state index contributed by atoms with van der Waals surface area (Å²) in [6, 6.07) is 8.08. The van der Waals surface area contributed by atoms with Gasteiger partial charge in [-0.25, -0.2) is 0 Å².